The molecule has 0 atom stereocenters. The molecule has 0 aromatic heterocycles. The Morgan fingerprint density at radius 3 is 2.46 bits per heavy atom. The fourth-order valence-corrected chi connectivity index (χ4v) is 3.08. The number of amides is 1. The predicted molar refractivity (Wildman–Crippen MR) is 104 cm³/mol. The Morgan fingerprint density at radius 1 is 1.23 bits per heavy atom. The summed E-state index contributed by atoms with van der Waals surface area (Å²) in [6.07, 6.45) is 2.84. The van der Waals surface area contributed by atoms with Crippen molar-refractivity contribution in [2.75, 3.05) is 39.7 Å². The highest BCUT2D eigenvalue weighted by atomic mass is 32.2. The van der Waals surface area contributed by atoms with Gasteiger partial charge in [0.05, 0.1) is 18.0 Å². The Hall–Kier alpha value is -2.13. The normalized spacial score (nSPS) is 11.7. The van der Waals surface area contributed by atoms with Gasteiger partial charge in [0.25, 0.3) is 0 Å². The molecule has 146 valence electrons. The third-order valence-corrected chi connectivity index (χ3v) is 5.15. The van der Waals surface area contributed by atoms with Crippen LogP contribution in [0, 0.1) is 0 Å². The van der Waals surface area contributed by atoms with Crippen LogP contribution >= 0.6 is 0 Å². The van der Waals surface area contributed by atoms with E-state index in [9.17, 15) is 13.2 Å². The van der Waals surface area contributed by atoms with Crippen LogP contribution in [0.25, 0.3) is 0 Å². The van der Waals surface area contributed by atoms with Crippen molar-refractivity contribution >= 4 is 28.0 Å². The first-order valence-corrected chi connectivity index (χ1v) is 10.0. The van der Waals surface area contributed by atoms with Gasteiger partial charge in [-0.1, -0.05) is 12.1 Å². The van der Waals surface area contributed by atoms with E-state index in [1.165, 1.54) is 7.05 Å². The van der Waals surface area contributed by atoms with Gasteiger partial charge in [0.2, 0.25) is 10.0 Å². The first-order chi connectivity index (χ1) is 12.3. The molecular weight excluding hydrogens is 356 g/mol. The van der Waals surface area contributed by atoms with Crippen molar-refractivity contribution in [2.24, 2.45) is 5.10 Å². The molecule has 1 amide bonds. The van der Waals surface area contributed by atoms with Crippen molar-refractivity contribution in [3.63, 3.8) is 0 Å². The highest BCUT2D eigenvalue weighted by Crippen LogP contribution is 2.14. The number of ether oxygens (including phenoxy) is 1. The number of hydrogen-bond acceptors (Lipinski definition) is 7. The van der Waals surface area contributed by atoms with Crippen LogP contribution in [0.2, 0.25) is 0 Å². The van der Waals surface area contributed by atoms with Gasteiger partial charge in [-0.05, 0) is 58.1 Å². The number of anilines is 1. The summed E-state index contributed by atoms with van der Waals surface area (Å²) in [6.45, 7) is 2.75. The fraction of sp³-hybridized carbons (Fsp3) is 0.529. The second-order valence-electron chi connectivity index (χ2n) is 5.99. The van der Waals surface area contributed by atoms with Crippen LogP contribution in [-0.4, -0.2) is 64.2 Å². The van der Waals surface area contributed by atoms with Crippen LogP contribution in [-0.2, 0) is 20.5 Å². The molecule has 9 heteroatoms. The van der Waals surface area contributed by atoms with Gasteiger partial charge in [-0.25, -0.2) is 17.5 Å². The van der Waals surface area contributed by atoms with E-state index in [0.29, 0.717) is 9.87 Å². The maximum atomic E-state index is 12.2. The maximum Gasteiger partial charge on any atom is 0.423 e. The molecule has 0 spiro atoms. The minimum Gasteiger partial charge on any atom is -0.449 e. The van der Waals surface area contributed by atoms with Crippen molar-refractivity contribution in [3.8, 4) is 0 Å². The largest absolute Gasteiger partial charge is 0.449 e. The molecule has 26 heavy (non-hydrogen) atoms. The van der Waals surface area contributed by atoms with Crippen LogP contribution in [0.15, 0.2) is 29.4 Å². The third-order valence-electron chi connectivity index (χ3n) is 3.47. The minimum atomic E-state index is -3.78. The standard InChI is InChI=1S/C17H28N4O4S/c1-5-25-17(22)21(4)26(23,24)14-15-8-10-16(11-9-15)19-18-12-6-7-13-20(2)3/h8-12,19H,5-7,13-14H2,1-4H3/b18-12-. The molecule has 0 fully saturated rings. The smallest absolute Gasteiger partial charge is 0.423 e. The number of hydrazone groups is 1. The van der Waals surface area contributed by atoms with Crippen LogP contribution in [0.5, 0.6) is 0 Å². The lowest BCUT2D eigenvalue weighted by molar-refractivity contribution is 0.136. The van der Waals surface area contributed by atoms with Gasteiger partial charge in [-0.2, -0.15) is 5.10 Å². The molecule has 0 bridgehead atoms. The lowest BCUT2D eigenvalue weighted by atomic mass is 10.2. The van der Waals surface area contributed by atoms with Crippen molar-refractivity contribution in [1.82, 2.24) is 9.21 Å². The summed E-state index contributed by atoms with van der Waals surface area (Å²) in [4.78, 5) is 13.7. The molecule has 0 aliphatic heterocycles. The number of nitrogens with zero attached hydrogens (tertiary/aromatic N) is 3. The maximum absolute atomic E-state index is 12.2. The van der Waals surface area contributed by atoms with Crippen molar-refractivity contribution in [3.05, 3.63) is 29.8 Å². The monoisotopic (exact) mass is 384 g/mol. The van der Waals surface area contributed by atoms with Gasteiger partial charge in [-0.15, -0.1) is 0 Å². The zero-order valence-corrected chi connectivity index (χ0v) is 16.6. The predicted octanol–water partition coefficient (Wildman–Crippen LogP) is 2.34. The number of sulfonamides is 1. The van der Waals surface area contributed by atoms with E-state index >= 15 is 0 Å². The third kappa shape index (κ3) is 7.83. The highest BCUT2D eigenvalue weighted by Gasteiger charge is 2.24. The van der Waals surface area contributed by atoms with Crippen LogP contribution in [0.3, 0.4) is 0 Å². The average molecular weight is 385 g/mol. The minimum absolute atomic E-state index is 0.120. The van der Waals surface area contributed by atoms with E-state index < -0.39 is 16.1 Å². The van der Waals surface area contributed by atoms with Gasteiger partial charge < -0.3 is 9.64 Å². The van der Waals surface area contributed by atoms with Crippen LogP contribution in [0.1, 0.15) is 25.3 Å². The molecule has 0 heterocycles. The van der Waals surface area contributed by atoms with E-state index in [-0.39, 0.29) is 12.4 Å². The molecule has 0 saturated heterocycles. The number of hydrogen-bond donors (Lipinski definition) is 1. The Morgan fingerprint density at radius 2 is 1.88 bits per heavy atom. The molecule has 0 aliphatic rings. The summed E-state index contributed by atoms with van der Waals surface area (Å²) in [5, 5.41) is 4.13. The molecule has 1 N–H and O–H groups in total. The van der Waals surface area contributed by atoms with E-state index in [1.54, 1.807) is 31.2 Å². The number of nitrogens with one attached hydrogen (secondary N) is 1. The van der Waals surface area contributed by atoms with E-state index in [1.807, 2.05) is 20.3 Å². The Balaban J connectivity index is 2.54. The molecule has 0 aliphatic carbocycles. The summed E-state index contributed by atoms with van der Waals surface area (Å²) >= 11 is 0. The van der Waals surface area contributed by atoms with Crippen LogP contribution in [0.4, 0.5) is 10.5 Å². The molecule has 0 saturated carbocycles. The summed E-state index contributed by atoms with van der Waals surface area (Å²) in [6, 6.07) is 6.85. The lowest BCUT2D eigenvalue weighted by Gasteiger charge is -2.16. The highest BCUT2D eigenvalue weighted by molar-refractivity contribution is 7.88. The molecule has 0 radical (unpaired) electrons. The molecule has 8 nitrogen and oxygen atoms in total. The first kappa shape index (κ1) is 21.9. The second-order valence-corrected chi connectivity index (χ2v) is 7.99. The number of carbonyl (C=O) groups excluding carboxylic acids is 1. The SMILES string of the molecule is CCOC(=O)N(C)S(=O)(=O)Cc1ccc(N/N=C\CCCN(C)C)cc1. The van der Waals surface area contributed by atoms with Gasteiger partial charge in [0.15, 0.2) is 0 Å². The van der Waals surface area contributed by atoms with Gasteiger partial charge in [0, 0.05) is 13.3 Å². The van der Waals surface area contributed by atoms with Gasteiger partial charge in [0.1, 0.15) is 0 Å². The molecule has 1 aromatic carbocycles. The summed E-state index contributed by atoms with van der Waals surface area (Å²) in [5.74, 6) is -0.281. The molecule has 0 unspecified atom stereocenters. The van der Waals surface area contributed by atoms with Gasteiger partial charge in [-0.3, -0.25) is 5.43 Å². The average Bonchev–Trinajstić information content (AvgIpc) is 2.58. The van der Waals surface area contributed by atoms with Gasteiger partial charge >= 0.3 is 6.09 Å². The number of unbranched alkanes of at least 4 members (excludes halogenated alkanes) is 1. The number of rotatable bonds is 10. The van der Waals surface area contributed by atoms with Crippen molar-refractivity contribution in [2.45, 2.75) is 25.5 Å². The first-order valence-electron chi connectivity index (χ1n) is 8.41. The zero-order valence-electron chi connectivity index (χ0n) is 15.8. The van der Waals surface area contributed by atoms with E-state index in [4.69, 9.17) is 4.74 Å². The number of carbonyl (C=O) groups is 1. The Bertz CT molecular complexity index is 687. The Kier molecular flexibility index (Phi) is 9.08. The van der Waals surface area contributed by atoms with E-state index in [2.05, 4.69) is 15.4 Å². The zero-order chi connectivity index (χ0) is 19.6. The summed E-state index contributed by atoms with van der Waals surface area (Å²) < 4.78 is 29.7. The van der Waals surface area contributed by atoms with Crippen LogP contribution < -0.4 is 5.43 Å². The Labute approximate surface area is 155 Å². The lowest BCUT2D eigenvalue weighted by Crippen LogP contribution is -2.34. The molecule has 1 rings (SSSR count). The quantitative estimate of drug-likeness (QED) is 0.378. The summed E-state index contributed by atoms with van der Waals surface area (Å²) in [7, 11) is 1.47. The van der Waals surface area contributed by atoms with E-state index in [0.717, 1.165) is 25.1 Å². The summed E-state index contributed by atoms with van der Waals surface area (Å²) in [5.41, 5.74) is 4.23. The topological polar surface area (TPSA) is 91.3 Å². The van der Waals surface area contributed by atoms with Crippen molar-refractivity contribution in [1.29, 1.82) is 0 Å². The molecular formula is C17H28N4O4S. The molecule has 1 aromatic rings. The second kappa shape index (κ2) is 10.8. The number of benzene rings is 1. The fourth-order valence-electron chi connectivity index (χ4n) is 1.99. The van der Waals surface area contributed by atoms with Crippen molar-refractivity contribution < 1.29 is 17.9 Å².